The Bertz CT molecular complexity index is 1320. The third-order valence-electron chi connectivity index (χ3n) is 5.43. The summed E-state index contributed by atoms with van der Waals surface area (Å²) in [5, 5.41) is 14.7. The molecule has 3 heterocycles. The number of halogens is 1. The number of H-pyrrole nitrogens is 1. The molecule has 0 bridgehead atoms. The highest BCUT2D eigenvalue weighted by atomic mass is 19.1. The summed E-state index contributed by atoms with van der Waals surface area (Å²) < 4.78 is 27.3. The Morgan fingerprint density at radius 2 is 2.20 bits per heavy atom. The van der Waals surface area contributed by atoms with Gasteiger partial charge in [0.15, 0.2) is 11.6 Å². The van der Waals surface area contributed by atoms with Gasteiger partial charge in [-0.3, -0.25) is 0 Å². The van der Waals surface area contributed by atoms with Crippen molar-refractivity contribution in [2.75, 3.05) is 13.7 Å². The van der Waals surface area contributed by atoms with Crippen LogP contribution in [0.5, 0.6) is 5.75 Å². The third-order valence-corrected chi connectivity index (χ3v) is 5.43. The molecule has 7 nitrogen and oxygen atoms in total. The van der Waals surface area contributed by atoms with E-state index in [9.17, 15) is 9.65 Å². The quantitative estimate of drug-likeness (QED) is 0.561. The van der Waals surface area contributed by atoms with Gasteiger partial charge in [0.25, 0.3) is 0 Å². The molecule has 0 saturated carbocycles. The smallest absolute Gasteiger partial charge is 0.197 e. The van der Waals surface area contributed by atoms with E-state index in [1.165, 1.54) is 6.07 Å². The Kier molecular flexibility index (Phi) is 4.26. The molecule has 2 aromatic carbocycles. The summed E-state index contributed by atoms with van der Waals surface area (Å²) in [5.74, 6) is 1.38. The summed E-state index contributed by atoms with van der Waals surface area (Å²) >= 11 is 0. The number of methoxy groups -OCH3 is 1. The van der Waals surface area contributed by atoms with E-state index in [1.807, 2.05) is 18.2 Å². The number of hydrogen-bond donors (Lipinski definition) is 1. The molecule has 1 aliphatic heterocycles. The molecule has 0 aliphatic carbocycles. The van der Waals surface area contributed by atoms with E-state index >= 15 is 0 Å². The van der Waals surface area contributed by atoms with Crippen molar-refractivity contribution in [1.82, 2.24) is 19.7 Å². The number of aromatic nitrogens is 4. The van der Waals surface area contributed by atoms with Gasteiger partial charge in [-0.1, -0.05) is 12.1 Å². The standard InChI is InChI=1S/C22H18FN5O2/c1-12-14(4-3-5-16(12)23)20-22-26-21(27-28(22)8-9-30-20)18-10-15-17(25-18)7-6-13(11-24)19(15)29-2/h3-7,10,20,25H,8-9H2,1-2H3. The molecule has 30 heavy (non-hydrogen) atoms. The SMILES string of the molecule is COc1c(C#N)ccc2[nH]c(-c3nc4n(n3)CCOC4c3cccc(F)c3C)cc12. The molecule has 5 rings (SSSR count). The van der Waals surface area contributed by atoms with Crippen molar-refractivity contribution >= 4 is 10.9 Å². The fourth-order valence-electron chi connectivity index (χ4n) is 3.90. The number of nitriles is 1. The van der Waals surface area contributed by atoms with Crippen LogP contribution in [-0.4, -0.2) is 33.5 Å². The molecule has 1 atom stereocenters. The normalized spacial score (nSPS) is 15.7. The molecule has 8 heteroatoms. The second kappa shape index (κ2) is 6.97. The van der Waals surface area contributed by atoms with Crippen molar-refractivity contribution in [3.63, 3.8) is 0 Å². The van der Waals surface area contributed by atoms with Crippen LogP contribution in [-0.2, 0) is 11.3 Å². The van der Waals surface area contributed by atoms with Crippen LogP contribution in [0, 0.1) is 24.1 Å². The highest BCUT2D eigenvalue weighted by Crippen LogP contribution is 2.35. The summed E-state index contributed by atoms with van der Waals surface area (Å²) in [5.41, 5.74) is 3.27. The minimum absolute atomic E-state index is 0.274. The van der Waals surface area contributed by atoms with Crippen LogP contribution in [0.2, 0.25) is 0 Å². The molecule has 0 fully saturated rings. The van der Waals surface area contributed by atoms with E-state index < -0.39 is 6.10 Å². The molecular weight excluding hydrogens is 385 g/mol. The first-order valence-electron chi connectivity index (χ1n) is 9.52. The molecule has 0 spiro atoms. The van der Waals surface area contributed by atoms with Gasteiger partial charge in [0.2, 0.25) is 0 Å². The molecule has 4 aromatic rings. The van der Waals surface area contributed by atoms with Crippen molar-refractivity contribution < 1.29 is 13.9 Å². The second-order valence-electron chi connectivity index (χ2n) is 7.12. The monoisotopic (exact) mass is 403 g/mol. The Labute approximate surface area is 171 Å². The summed E-state index contributed by atoms with van der Waals surface area (Å²) in [6.07, 6.45) is -0.486. The van der Waals surface area contributed by atoms with Crippen LogP contribution in [0.15, 0.2) is 36.4 Å². The van der Waals surface area contributed by atoms with E-state index in [4.69, 9.17) is 14.5 Å². The highest BCUT2D eigenvalue weighted by molar-refractivity contribution is 5.92. The molecule has 150 valence electrons. The maximum atomic E-state index is 14.1. The van der Waals surface area contributed by atoms with E-state index in [0.29, 0.717) is 47.4 Å². The van der Waals surface area contributed by atoms with Gasteiger partial charge in [-0.2, -0.15) is 5.26 Å². The van der Waals surface area contributed by atoms with Gasteiger partial charge < -0.3 is 14.5 Å². The van der Waals surface area contributed by atoms with Crippen LogP contribution in [0.25, 0.3) is 22.4 Å². The van der Waals surface area contributed by atoms with Crippen molar-refractivity contribution in [3.05, 3.63) is 64.7 Å². The first-order valence-corrected chi connectivity index (χ1v) is 9.52. The zero-order valence-electron chi connectivity index (χ0n) is 16.4. The van der Waals surface area contributed by atoms with Crippen LogP contribution in [0.1, 0.15) is 28.6 Å². The molecule has 0 amide bonds. The largest absolute Gasteiger partial charge is 0.495 e. The number of hydrogen-bond acceptors (Lipinski definition) is 5. The van der Waals surface area contributed by atoms with Gasteiger partial charge in [0.1, 0.15) is 23.7 Å². The molecule has 2 aromatic heterocycles. The molecule has 0 saturated heterocycles. The lowest BCUT2D eigenvalue weighted by Gasteiger charge is -2.24. The summed E-state index contributed by atoms with van der Waals surface area (Å²) in [4.78, 5) is 8.00. The van der Waals surface area contributed by atoms with Gasteiger partial charge in [-0.25, -0.2) is 14.1 Å². The van der Waals surface area contributed by atoms with E-state index in [-0.39, 0.29) is 5.82 Å². The van der Waals surface area contributed by atoms with Gasteiger partial charge in [0.05, 0.1) is 31.5 Å². The minimum Gasteiger partial charge on any atom is -0.495 e. The molecule has 0 radical (unpaired) electrons. The number of aromatic amines is 1. The molecule has 1 unspecified atom stereocenters. The number of ether oxygens (including phenoxy) is 2. The molecule has 1 aliphatic rings. The predicted octanol–water partition coefficient (Wildman–Crippen LogP) is 3.87. The number of fused-ring (bicyclic) bond motifs is 2. The fourth-order valence-corrected chi connectivity index (χ4v) is 3.90. The van der Waals surface area contributed by atoms with E-state index in [0.717, 1.165) is 16.5 Å². The Hall–Kier alpha value is -3.70. The number of nitrogens with zero attached hydrogens (tertiary/aromatic N) is 4. The minimum atomic E-state index is -0.486. The zero-order valence-corrected chi connectivity index (χ0v) is 16.4. The van der Waals surface area contributed by atoms with Crippen molar-refractivity contribution in [2.24, 2.45) is 0 Å². The number of nitrogens with one attached hydrogen (secondary N) is 1. The maximum Gasteiger partial charge on any atom is 0.197 e. The third kappa shape index (κ3) is 2.75. The second-order valence-corrected chi connectivity index (χ2v) is 7.12. The van der Waals surface area contributed by atoms with Crippen LogP contribution < -0.4 is 4.74 Å². The van der Waals surface area contributed by atoms with Gasteiger partial charge >= 0.3 is 0 Å². The Morgan fingerprint density at radius 3 is 3.00 bits per heavy atom. The average molecular weight is 403 g/mol. The number of rotatable bonds is 3. The van der Waals surface area contributed by atoms with Gasteiger partial charge in [-0.05, 0) is 42.3 Å². The highest BCUT2D eigenvalue weighted by Gasteiger charge is 2.29. The summed E-state index contributed by atoms with van der Waals surface area (Å²) in [6, 6.07) is 12.5. The summed E-state index contributed by atoms with van der Waals surface area (Å²) in [7, 11) is 1.54. The number of benzene rings is 2. The van der Waals surface area contributed by atoms with E-state index in [1.54, 1.807) is 30.8 Å². The lowest BCUT2D eigenvalue weighted by molar-refractivity contribution is 0.0384. The lowest BCUT2D eigenvalue weighted by atomic mass is 10.0. The van der Waals surface area contributed by atoms with Crippen molar-refractivity contribution in [3.8, 4) is 23.3 Å². The van der Waals surface area contributed by atoms with Gasteiger partial charge in [-0.15, -0.1) is 5.10 Å². The first kappa shape index (κ1) is 18.3. The van der Waals surface area contributed by atoms with Gasteiger partial charge in [0, 0.05) is 10.9 Å². The lowest BCUT2D eigenvalue weighted by Crippen LogP contribution is -2.24. The van der Waals surface area contributed by atoms with Crippen molar-refractivity contribution in [2.45, 2.75) is 19.6 Å². The maximum absolute atomic E-state index is 14.1. The molecule has 1 N–H and O–H groups in total. The van der Waals surface area contributed by atoms with Crippen LogP contribution in [0.4, 0.5) is 4.39 Å². The predicted molar refractivity (Wildman–Crippen MR) is 108 cm³/mol. The Balaban J connectivity index is 1.61. The molecular formula is C22H18FN5O2. The summed E-state index contributed by atoms with van der Waals surface area (Å²) in [6.45, 7) is 2.76. The fraction of sp³-hybridized carbons (Fsp3) is 0.227. The van der Waals surface area contributed by atoms with Crippen LogP contribution >= 0.6 is 0 Å². The zero-order chi connectivity index (χ0) is 20.8. The van der Waals surface area contributed by atoms with Crippen LogP contribution in [0.3, 0.4) is 0 Å². The van der Waals surface area contributed by atoms with Crippen molar-refractivity contribution in [1.29, 1.82) is 5.26 Å². The average Bonchev–Trinajstić information content (AvgIpc) is 3.38. The topological polar surface area (TPSA) is 88.8 Å². The Morgan fingerprint density at radius 1 is 1.33 bits per heavy atom. The van der Waals surface area contributed by atoms with E-state index in [2.05, 4.69) is 16.2 Å². The first-order chi connectivity index (χ1) is 14.6.